The highest BCUT2D eigenvalue weighted by molar-refractivity contribution is 5.80. The van der Waals surface area contributed by atoms with Gasteiger partial charge < -0.3 is 14.8 Å². The Bertz CT molecular complexity index is 415. The average molecular weight is 267 g/mol. The third-order valence-corrected chi connectivity index (χ3v) is 3.04. The van der Waals surface area contributed by atoms with E-state index >= 15 is 0 Å². The van der Waals surface area contributed by atoms with Gasteiger partial charge in [0, 0.05) is 12.3 Å². The van der Waals surface area contributed by atoms with Crippen molar-refractivity contribution < 1.29 is 18.7 Å². The lowest BCUT2D eigenvalue weighted by molar-refractivity contribution is -0.146. The standard InChI is InChI=1S/C14H18FNO3/c1-2-18-14(17)13(12-4-3-9-19-12)16-11-7-5-10(15)6-8-11/h5-8,12-13,16H,2-4,9H2,1H3/t12?,13-/m0/s1. The summed E-state index contributed by atoms with van der Waals surface area (Å²) in [5.74, 6) is -0.644. The number of esters is 1. The topological polar surface area (TPSA) is 47.6 Å². The van der Waals surface area contributed by atoms with Crippen molar-refractivity contribution in [2.75, 3.05) is 18.5 Å². The Labute approximate surface area is 111 Å². The van der Waals surface area contributed by atoms with Crippen LogP contribution in [0.15, 0.2) is 24.3 Å². The molecule has 1 saturated heterocycles. The Hall–Kier alpha value is -1.62. The first-order valence-corrected chi connectivity index (χ1v) is 6.51. The Kier molecular flexibility index (Phi) is 4.74. The molecule has 0 aromatic heterocycles. The average Bonchev–Trinajstić information content (AvgIpc) is 2.92. The molecule has 2 atom stereocenters. The molecule has 1 heterocycles. The Morgan fingerprint density at radius 3 is 2.84 bits per heavy atom. The number of anilines is 1. The van der Waals surface area contributed by atoms with Gasteiger partial charge in [-0.15, -0.1) is 0 Å². The van der Waals surface area contributed by atoms with Crippen molar-refractivity contribution in [1.29, 1.82) is 0 Å². The molecule has 1 N–H and O–H groups in total. The lowest BCUT2D eigenvalue weighted by atomic mass is 10.1. The van der Waals surface area contributed by atoms with Crippen LogP contribution in [-0.4, -0.2) is 31.3 Å². The maximum atomic E-state index is 12.9. The monoisotopic (exact) mass is 267 g/mol. The van der Waals surface area contributed by atoms with Crippen molar-refractivity contribution in [2.45, 2.75) is 31.9 Å². The lowest BCUT2D eigenvalue weighted by Crippen LogP contribution is -2.41. The highest BCUT2D eigenvalue weighted by Gasteiger charge is 2.32. The van der Waals surface area contributed by atoms with Crippen LogP contribution in [0.3, 0.4) is 0 Å². The Morgan fingerprint density at radius 2 is 2.26 bits per heavy atom. The number of benzene rings is 1. The van der Waals surface area contributed by atoms with Crippen LogP contribution in [0.25, 0.3) is 0 Å². The van der Waals surface area contributed by atoms with Gasteiger partial charge in [-0.05, 0) is 44.0 Å². The highest BCUT2D eigenvalue weighted by atomic mass is 19.1. The fraction of sp³-hybridized carbons (Fsp3) is 0.500. The fourth-order valence-electron chi connectivity index (χ4n) is 2.13. The number of hydrogen-bond donors (Lipinski definition) is 1. The van der Waals surface area contributed by atoms with Gasteiger partial charge in [-0.3, -0.25) is 0 Å². The normalized spacial score (nSPS) is 20.0. The number of carbonyl (C=O) groups excluding carboxylic acids is 1. The molecule has 0 spiro atoms. The van der Waals surface area contributed by atoms with Crippen molar-refractivity contribution >= 4 is 11.7 Å². The SMILES string of the molecule is CCOC(=O)[C@@H](Nc1ccc(F)cc1)C1CCCO1. The second kappa shape index (κ2) is 6.52. The van der Waals surface area contributed by atoms with Crippen molar-refractivity contribution in [3.63, 3.8) is 0 Å². The van der Waals surface area contributed by atoms with E-state index in [0.29, 0.717) is 18.9 Å². The van der Waals surface area contributed by atoms with E-state index in [4.69, 9.17) is 9.47 Å². The third kappa shape index (κ3) is 3.67. The van der Waals surface area contributed by atoms with E-state index in [1.807, 2.05) is 0 Å². The molecule has 5 heteroatoms. The van der Waals surface area contributed by atoms with Gasteiger partial charge in [-0.25, -0.2) is 9.18 Å². The summed E-state index contributed by atoms with van der Waals surface area (Å²) < 4.78 is 23.5. The van der Waals surface area contributed by atoms with Crippen LogP contribution in [0.1, 0.15) is 19.8 Å². The van der Waals surface area contributed by atoms with E-state index in [2.05, 4.69) is 5.32 Å². The van der Waals surface area contributed by atoms with Gasteiger partial charge in [-0.1, -0.05) is 0 Å². The predicted octanol–water partition coefficient (Wildman–Crippen LogP) is 2.35. The van der Waals surface area contributed by atoms with Gasteiger partial charge in [0.15, 0.2) is 6.04 Å². The summed E-state index contributed by atoms with van der Waals surface area (Å²) in [5, 5.41) is 3.07. The van der Waals surface area contributed by atoms with E-state index < -0.39 is 6.04 Å². The minimum absolute atomic E-state index is 0.191. The molecule has 0 radical (unpaired) electrons. The second-order valence-electron chi connectivity index (χ2n) is 4.43. The maximum absolute atomic E-state index is 12.9. The number of ether oxygens (including phenoxy) is 2. The minimum atomic E-state index is -0.548. The Morgan fingerprint density at radius 1 is 1.53 bits per heavy atom. The number of halogens is 1. The predicted molar refractivity (Wildman–Crippen MR) is 69.4 cm³/mol. The summed E-state index contributed by atoms with van der Waals surface area (Å²) in [5.41, 5.74) is 0.676. The molecule has 0 saturated carbocycles. The van der Waals surface area contributed by atoms with E-state index in [-0.39, 0.29) is 17.9 Å². The summed E-state index contributed by atoms with van der Waals surface area (Å²) in [6, 6.07) is 5.33. The summed E-state index contributed by atoms with van der Waals surface area (Å²) in [6.45, 7) is 2.75. The maximum Gasteiger partial charge on any atom is 0.331 e. The molecule has 2 rings (SSSR count). The first-order valence-electron chi connectivity index (χ1n) is 6.51. The van der Waals surface area contributed by atoms with E-state index in [1.54, 1.807) is 19.1 Å². The smallest absolute Gasteiger partial charge is 0.331 e. The number of nitrogens with one attached hydrogen (secondary N) is 1. The van der Waals surface area contributed by atoms with Crippen LogP contribution in [0.4, 0.5) is 10.1 Å². The highest BCUT2D eigenvalue weighted by Crippen LogP contribution is 2.20. The first-order chi connectivity index (χ1) is 9.20. The molecule has 0 bridgehead atoms. The van der Waals surface area contributed by atoms with Gasteiger partial charge in [0.1, 0.15) is 5.82 Å². The van der Waals surface area contributed by atoms with Crippen molar-refractivity contribution in [3.05, 3.63) is 30.1 Å². The molecule has 1 unspecified atom stereocenters. The van der Waals surface area contributed by atoms with Gasteiger partial charge >= 0.3 is 5.97 Å². The molecule has 1 aliphatic heterocycles. The number of hydrogen-bond acceptors (Lipinski definition) is 4. The van der Waals surface area contributed by atoms with Crippen molar-refractivity contribution in [2.24, 2.45) is 0 Å². The molecule has 1 aliphatic rings. The van der Waals surface area contributed by atoms with E-state index in [9.17, 15) is 9.18 Å². The molecule has 19 heavy (non-hydrogen) atoms. The molecule has 0 amide bonds. The minimum Gasteiger partial charge on any atom is -0.464 e. The molecule has 1 aromatic carbocycles. The van der Waals surface area contributed by atoms with Crippen LogP contribution in [-0.2, 0) is 14.3 Å². The summed E-state index contributed by atoms with van der Waals surface area (Å²) in [4.78, 5) is 12.0. The van der Waals surface area contributed by atoms with E-state index in [1.165, 1.54) is 12.1 Å². The molecular formula is C14H18FNO3. The fourth-order valence-corrected chi connectivity index (χ4v) is 2.13. The van der Waals surface area contributed by atoms with Gasteiger partial charge in [0.25, 0.3) is 0 Å². The Balaban J connectivity index is 2.08. The van der Waals surface area contributed by atoms with Gasteiger partial charge in [0.2, 0.25) is 0 Å². The number of carbonyl (C=O) groups is 1. The zero-order chi connectivity index (χ0) is 13.7. The second-order valence-corrected chi connectivity index (χ2v) is 4.43. The zero-order valence-corrected chi connectivity index (χ0v) is 10.9. The van der Waals surface area contributed by atoms with Crippen LogP contribution in [0.2, 0.25) is 0 Å². The van der Waals surface area contributed by atoms with Crippen molar-refractivity contribution in [1.82, 2.24) is 0 Å². The summed E-state index contributed by atoms with van der Waals surface area (Å²) in [7, 11) is 0. The first kappa shape index (κ1) is 13.8. The quantitative estimate of drug-likeness (QED) is 0.832. The van der Waals surface area contributed by atoms with Crippen LogP contribution >= 0.6 is 0 Å². The van der Waals surface area contributed by atoms with Gasteiger partial charge in [-0.2, -0.15) is 0 Å². The molecule has 1 fully saturated rings. The zero-order valence-electron chi connectivity index (χ0n) is 10.9. The van der Waals surface area contributed by atoms with Crippen molar-refractivity contribution in [3.8, 4) is 0 Å². The molecular weight excluding hydrogens is 249 g/mol. The number of rotatable bonds is 5. The summed E-state index contributed by atoms with van der Waals surface area (Å²) >= 11 is 0. The van der Waals surface area contributed by atoms with Gasteiger partial charge in [0.05, 0.1) is 12.7 Å². The molecule has 104 valence electrons. The van der Waals surface area contributed by atoms with E-state index in [0.717, 1.165) is 12.8 Å². The summed E-state index contributed by atoms with van der Waals surface area (Å²) in [6.07, 6.45) is 1.56. The largest absolute Gasteiger partial charge is 0.464 e. The third-order valence-electron chi connectivity index (χ3n) is 3.04. The van der Waals surface area contributed by atoms with Crippen LogP contribution in [0, 0.1) is 5.82 Å². The van der Waals surface area contributed by atoms with Crippen LogP contribution < -0.4 is 5.32 Å². The van der Waals surface area contributed by atoms with Crippen LogP contribution in [0.5, 0.6) is 0 Å². The molecule has 0 aliphatic carbocycles. The molecule has 1 aromatic rings. The lowest BCUT2D eigenvalue weighted by Gasteiger charge is -2.23. The molecule has 4 nitrogen and oxygen atoms in total.